The van der Waals surface area contributed by atoms with Crippen LogP contribution in [0, 0.1) is 5.82 Å². The molecule has 1 aromatic heterocycles. The van der Waals surface area contributed by atoms with Gasteiger partial charge in [-0.25, -0.2) is 17.5 Å². The number of aromatic nitrogens is 1. The fourth-order valence-electron chi connectivity index (χ4n) is 5.07. The van der Waals surface area contributed by atoms with E-state index in [-0.39, 0.29) is 54.1 Å². The average molecular weight is 628 g/mol. The summed E-state index contributed by atoms with van der Waals surface area (Å²) in [7, 11) is -2.28. The van der Waals surface area contributed by atoms with Crippen molar-refractivity contribution in [3.8, 4) is 5.75 Å². The number of carbonyl (C=O) groups is 1. The zero-order valence-electron chi connectivity index (χ0n) is 22.8. The topological polar surface area (TPSA) is 123 Å². The first kappa shape index (κ1) is 34.4. The number of ether oxygens (including phenoxy) is 1. The molecule has 8 nitrogen and oxygen atoms in total. The van der Waals surface area contributed by atoms with E-state index in [0.29, 0.717) is 19.3 Å². The summed E-state index contributed by atoms with van der Waals surface area (Å²) in [5, 5.41) is 3.18. The number of halogens is 3. The molecule has 0 saturated carbocycles. The summed E-state index contributed by atoms with van der Waals surface area (Å²) in [6.07, 6.45) is 7.34. The van der Waals surface area contributed by atoms with Crippen molar-refractivity contribution < 1.29 is 22.3 Å². The second kappa shape index (κ2) is 16.0. The molecule has 1 aliphatic rings. The van der Waals surface area contributed by atoms with E-state index in [9.17, 15) is 17.6 Å². The van der Waals surface area contributed by atoms with E-state index >= 15 is 0 Å². The number of nitrogens with one attached hydrogen (secondary N) is 2. The summed E-state index contributed by atoms with van der Waals surface area (Å²) >= 11 is 0. The predicted octanol–water partition coefficient (Wildman–Crippen LogP) is 4.31. The SMILES string of the molecule is COc1ccc2c(c1)CC[C@H](NC(=O)[C@@H](N)CCCCNS(=O)(=O)c1ccccc1F)[C@@H]2Cc1cccnc1.Cl.Cl. The van der Waals surface area contributed by atoms with Crippen molar-refractivity contribution in [1.82, 2.24) is 15.0 Å². The molecule has 0 bridgehead atoms. The van der Waals surface area contributed by atoms with Gasteiger partial charge in [0.15, 0.2) is 0 Å². The molecule has 2 aromatic carbocycles. The van der Waals surface area contributed by atoms with Crippen LogP contribution in [-0.2, 0) is 27.7 Å². The maximum Gasteiger partial charge on any atom is 0.243 e. The molecule has 1 amide bonds. The Morgan fingerprint density at radius 3 is 2.63 bits per heavy atom. The first-order valence-electron chi connectivity index (χ1n) is 13.1. The zero-order chi connectivity index (χ0) is 27.8. The molecule has 0 saturated heterocycles. The maximum atomic E-state index is 13.8. The third-order valence-corrected chi connectivity index (χ3v) is 8.66. The van der Waals surface area contributed by atoms with Crippen LogP contribution < -0.4 is 20.5 Å². The van der Waals surface area contributed by atoms with Gasteiger partial charge >= 0.3 is 0 Å². The highest BCUT2D eigenvalue weighted by Crippen LogP contribution is 2.36. The lowest BCUT2D eigenvalue weighted by atomic mass is 9.76. The fourth-order valence-corrected chi connectivity index (χ4v) is 6.22. The molecule has 3 aromatic rings. The number of fused-ring (bicyclic) bond motifs is 1. The smallest absolute Gasteiger partial charge is 0.243 e. The van der Waals surface area contributed by atoms with E-state index in [4.69, 9.17) is 10.5 Å². The molecule has 0 aliphatic heterocycles. The van der Waals surface area contributed by atoms with Crippen LogP contribution in [0.5, 0.6) is 5.75 Å². The molecule has 3 atom stereocenters. The normalized spacial score (nSPS) is 16.9. The Kier molecular flexibility index (Phi) is 13.5. The molecule has 4 N–H and O–H groups in total. The van der Waals surface area contributed by atoms with Gasteiger partial charge in [-0.05, 0) is 79.1 Å². The molecule has 12 heteroatoms. The Morgan fingerprint density at radius 1 is 1.15 bits per heavy atom. The molecule has 4 rings (SSSR count). The van der Waals surface area contributed by atoms with Crippen LogP contribution in [0.3, 0.4) is 0 Å². The fraction of sp³-hybridized carbons (Fsp3) is 0.379. The van der Waals surface area contributed by atoms with Gasteiger partial charge in [0.1, 0.15) is 16.5 Å². The average Bonchev–Trinajstić information content (AvgIpc) is 2.94. The van der Waals surface area contributed by atoms with Crippen molar-refractivity contribution in [2.24, 2.45) is 5.73 Å². The second-order valence-electron chi connectivity index (χ2n) is 9.82. The number of benzene rings is 2. The van der Waals surface area contributed by atoms with Gasteiger partial charge in [0.2, 0.25) is 15.9 Å². The number of pyridine rings is 1. The number of rotatable bonds is 12. The van der Waals surface area contributed by atoms with Gasteiger partial charge in [0, 0.05) is 30.9 Å². The first-order valence-corrected chi connectivity index (χ1v) is 14.6. The number of hydrogen-bond acceptors (Lipinski definition) is 6. The zero-order valence-corrected chi connectivity index (χ0v) is 25.2. The Labute approximate surface area is 253 Å². The summed E-state index contributed by atoms with van der Waals surface area (Å²) in [6, 6.07) is 14.5. The lowest BCUT2D eigenvalue weighted by Crippen LogP contribution is -2.49. The Hall–Kier alpha value is -2.76. The standard InChI is InChI=1S/C29H35FN4O4S.2ClH/c1-38-22-12-13-23-21(18-22)11-14-27(24(23)17-20-7-6-15-32-19-20)34-29(35)26(31)9-4-5-16-33-39(36,37)28-10-3-2-8-25(28)30;;/h2-3,6-8,10,12-13,15,18-19,24,26-27,33H,4-5,9,11,14,16-17,31H2,1H3,(H,34,35);2*1H/t24-,26+,27+;;/m1../s1. The van der Waals surface area contributed by atoms with Crippen LogP contribution in [0.2, 0.25) is 0 Å². The van der Waals surface area contributed by atoms with E-state index in [1.165, 1.54) is 29.3 Å². The Morgan fingerprint density at radius 2 is 1.93 bits per heavy atom. The number of nitrogens with zero attached hydrogens (tertiary/aromatic N) is 1. The maximum absolute atomic E-state index is 13.8. The molecular formula is C29H37Cl2FN4O4S. The summed E-state index contributed by atoms with van der Waals surface area (Å²) in [4.78, 5) is 16.9. The van der Waals surface area contributed by atoms with E-state index in [0.717, 1.165) is 36.6 Å². The molecular weight excluding hydrogens is 590 g/mol. The lowest BCUT2D eigenvalue weighted by Gasteiger charge is -2.35. The van der Waals surface area contributed by atoms with Crippen LogP contribution in [0.15, 0.2) is 71.9 Å². The lowest BCUT2D eigenvalue weighted by molar-refractivity contribution is -0.123. The second-order valence-corrected chi connectivity index (χ2v) is 11.6. The van der Waals surface area contributed by atoms with Crippen LogP contribution in [0.4, 0.5) is 4.39 Å². The summed E-state index contributed by atoms with van der Waals surface area (Å²) < 4.78 is 46.3. The van der Waals surface area contributed by atoms with Crippen LogP contribution in [0.25, 0.3) is 0 Å². The predicted molar refractivity (Wildman–Crippen MR) is 162 cm³/mol. The van der Waals surface area contributed by atoms with Crippen LogP contribution in [0.1, 0.15) is 48.3 Å². The molecule has 224 valence electrons. The number of aryl methyl sites for hydroxylation is 1. The summed E-state index contributed by atoms with van der Waals surface area (Å²) in [5.41, 5.74) is 9.71. The van der Waals surface area contributed by atoms with Crippen molar-refractivity contribution in [3.63, 3.8) is 0 Å². The Balaban J connectivity index is 0.00000294. The highest BCUT2D eigenvalue weighted by Gasteiger charge is 2.32. The van der Waals surface area contributed by atoms with Crippen LogP contribution in [-0.4, -0.2) is 45.0 Å². The van der Waals surface area contributed by atoms with Gasteiger partial charge in [-0.2, -0.15) is 0 Å². The van der Waals surface area contributed by atoms with Gasteiger partial charge in [0.05, 0.1) is 13.2 Å². The molecule has 0 fully saturated rings. The van der Waals surface area contributed by atoms with Crippen molar-refractivity contribution in [2.45, 2.75) is 61.4 Å². The molecule has 1 heterocycles. The quantitative estimate of drug-likeness (QED) is 0.258. The monoisotopic (exact) mass is 626 g/mol. The van der Waals surface area contributed by atoms with E-state index in [1.54, 1.807) is 13.3 Å². The van der Waals surface area contributed by atoms with Gasteiger partial charge < -0.3 is 15.8 Å². The van der Waals surface area contributed by atoms with E-state index in [1.807, 2.05) is 24.4 Å². The molecule has 41 heavy (non-hydrogen) atoms. The van der Waals surface area contributed by atoms with Gasteiger partial charge in [-0.15, -0.1) is 24.8 Å². The van der Waals surface area contributed by atoms with Crippen molar-refractivity contribution in [3.05, 3.63) is 89.5 Å². The number of nitrogens with two attached hydrogens (primary N) is 1. The van der Waals surface area contributed by atoms with Crippen molar-refractivity contribution in [1.29, 1.82) is 0 Å². The van der Waals surface area contributed by atoms with Crippen LogP contribution >= 0.6 is 24.8 Å². The summed E-state index contributed by atoms with van der Waals surface area (Å²) in [5.74, 6) is -0.141. The van der Waals surface area contributed by atoms with Crippen molar-refractivity contribution >= 4 is 40.7 Å². The third kappa shape index (κ3) is 9.11. The number of hydrogen-bond donors (Lipinski definition) is 3. The van der Waals surface area contributed by atoms with Gasteiger partial charge in [-0.1, -0.05) is 30.7 Å². The minimum atomic E-state index is -3.94. The minimum Gasteiger partial charge on any atom is -0.497 e. The van der Waals surface area contributed by atoms with Gasteiger partial charge in [0.25, 0.3) is 0 Å². The number of carbonyl (C=O) groups excluding carboxylic acids is 1. The number of amides is 1. The third-order valence-electron chi connectivity index (χ3n) is 7.16. The number of sulfonamides is 1. The molecule has 0 unspecified atom stereocenters. The molecule has 0 spiro atoms. The van der Waals surface area contributed by atoms with E-state index < -0.39 is 21.9 Å². The number of methoxy groups -OCH3 is 1. The van der Waals surface area contributed by atoms with Gasteiger partial charge in [-0.3, -0.25) is 9.78 Å². The first-order chi connectivity index (χ1) is 18.8. The molecule has 1 aliphatic carbocycles. The minimum absolute atomic E-state index is 0. The highest BCUT2D eigenvalue weighted by molar-refractivity contribution is 7.89. The largest absolute Gasteiger partial charge is 0.497 e. The van der Waals surface area contributed by atoms with E-state index in [2.05, 4.69) is 27.2 Å². The number of unbranched alkanes of at least 4 members (excludes halogenated alkanes) is 1. The molecule has 0 radical (unpaired) electrons. The van der Waals surface area contributed by atoms with Crippen molar-refractivity contribution in [2.75, 3.05) is 13.7 Å². The Bertz CT molecular complexity index is 1380. The highest BCUT2D eigenvalue weighted by atomic mass is 35.5. The summed E-state index contributed by atoms with van der Waals surface area (Å²) in [6.45, 7) is 0.126.